The van der Waals surface area contributed by atoms with Gasteiger partial charge in [-0.05, 0) is 61.1 Å². The molecule has 21 heavy (non-hydrogen) atoms. The third-order valence-electron chi connectivity index (χ3n) is 4.51. The zero-order valence-corrected chi connectivity index (χ0v) is 14.2. The normalized spacial score (nSPS) is 20.4. The molecule has 2 nitrogen and oxygen atoms in total. The largest absolute Gasteiger partial charge is 0.508 e. The smallest absolute Gasteiger partial charge is 0.121 e. The monoisotopic (exact) mass is 345 g/mol. The maximum absolute atomic E-state index is 10.3. The summed E-state index contributed by atoms with van der Waals surface area (Å²) in [6.45, 7) is 6.46. The standard InChI is InChI=1S/C18H20BrNO/c1-10-7-8-16(21)18-15(9-11(2)17(10)18)20-14-6-4-5-13(19)12(14)3/h4-8,11,15,20-21H,9H2,1-3H3. The highest BCUT2D eigenvalue weighted by atomic mass is 79.9. The lowest BCUT2D eigenvalue weighted by atomic mass is 9.97. The number of aryl methyl sites for hydroxylation is 1. The second-order valence-corrected chi connectivity index (χ2v) is 6.83. The molecular formula is C18H20BrNO. The van der Waals surface area contributed by atoms with Crippen LogP contribution < -0.4 is 5.32 Å². The molecule has 0 amide bonds. The minimum atomic E-state index is 0.169. The molecule has 0 saturated heterocycles. The number of halogens is 1. The number of rotatable bonds is 2. The molecule has 2 N–H and O–H groups in total. The Labute approximate surface area is 134 Å². The van der Waals surface area contributed by atoms with E-state index in [0.29, 0.717) is 11.7 Å². The molecule has 0 heterocycles. The quantitative estimate of drug-likeness (QED) is 0.760. The molecule has 1 aliphatic rings. The van der Waals surface area contributed by atoms with E-state index in [1.165, 1.54) is 16.7 Å². The van der Waals surface area contributed by atoms with E-state index in [1.54, 1.807) is 0 Å². The van der Waals surface area contributed by atoms with Crippen molar-refractivity contribution in [2.24, 2.45) is 0 Å². The molecule has 2 aromatic rings. The van der Waals surface area contributed by atoms with Gasteiger partial charge in [-0.1, -0.05) is 35.0 Å². The van der Waals surface area contributed by atoms with Crippen LogP contribution in [0.1, 0.15) is 47.6 Å². The Morgan fingerprint density at radius 2 is 1.90 bits per heavy atom. The summed E-state index contributed by atoms with van der Waals surface area (Å²) in [4.78, 5) is 0. The van der Waals surface area contributed by atoms with Gasteiger partial charge in [0.15, 0.2) is 0 Å². The fourth-order valence-corrected chi connectivity index (χ4v) is 3.79. The lowest BCUT2D eigenvalue weighted by molar-refractivity contribution is 0.465. The summed E-state index contributed by atoms with van der Waals surface area (Å²) < 4.78 is 1.10. The van der Waals surface area contributed by atoms with Gasteiger partial charge in [-0.15, -0.1) is 0 Å². The molecular weight excluding hydrogens is 326 g/mol. The van der Waals surface area contributed by atoms with Crippen molar-refractivity contribution in [3.8, 4) is 5.75 Å². The number of anilines is 1. The predicted molar refractivity (Wildman–Crippen MR) is 91.1 cm³/mol. The third kappa shape index (κ3) is 2.44. The molecule has 3 heteroatoms. The van der Waals surface area contributed by atoms with E-state index in [2.05, 4.69) is 48.1 Å². The van der Waals surface area contributed by atoms with E-state index in [9.17, 15) is 5.11 Å². The van der Waals surface area contributed by atoms with Crippen LogP contribution in [0.25, 0.3) is 0 Å². The Balaban J connectivity index is 2.00. The highest BCUT2D eigenvalue weighted by Gasteiger charge is 2.32. The van der Waals surface area contributed by atoms with Gasteiger partial charge in [0.05, 0.1) is 6.04 Å². The first-order valence-corrected chi connectivity index (χ1v) is 8.12. The molecule has 0 fully saturated rings. The summed E-state index contributed by atoms with van der Waals surface area (Å²) in [6.07, 6.45) is 1.01. The zero-order valence-electron chi connectivity index (χ0n) is 12.6. The Bertz CT molecular complexity index is 696. The topological polar surface area (TPSA) is 32.3 Å². The van der Waals surface area contributed by atoms with Gasteiger partial charge in [0.25, 0.3) is 0 Å². The van der Waals surface area contributed by atoms with Gasteiger partial charge in [0.1, 0.15) is 5.75 Å². The van der Waals surface area contributed by atoms with Crippen molar-refractivity contribution in [3.63, 3.8) is 0 Å². The van der Waals surface area contributed by atoms with Gasteiger partial charge in [-0.3, -0.25) is 0 Å². The Morgan fingerprint density at radius 3 is 2.67 bits per heavy atom. The molecule has 2 aromatic carbocycles. The molecule has 2 atom stereocenters. The van der Waals surface area contributed by atoms with Gasteiger partial charge in [0, 0.05) is 15.7 Å². The van der Waals surface area contributed by atoms with Crippen LogP contribution in [0.2, 0.25) is 0 Å². The maximum Gasteiger partial charge on any atom is 0.121 e. The molecule has 0 bridgehead atoms. The van der Waals surface area contributed by atoms with Gasteiger partial charge in [0.2, 0.25) is 0 Å². The predicted octanol–water partition coefficient (Wildman–Crippen LogP) is 5.43. The summed E-state index contributed by atoms with van der Waals surface area (Å²) in [5.41, 5.74) is 5.97. The van der Waals surface area contributed by atoms with Crippen LogP contribution in [-0.4, -0.2) is 5.11 Å². The number of nitrogens with one attached hydrogen (secondary N) is 1. The number of hydrogen-bond donors (Lipinski definition) is 2. The van der Waals surface area contributed by atoms with E-state index in [0.717, 1.165) is 22.1 Å². The number of phenolic OH excluding ortho intramolecular Hbond substituents is 1. The van der Waals surface area contributed by atoms with Gasteiger partial charge >= 0.3 is 0 Å². The van der Waals surface area contributed by atoms with Crippen molar-refractivity contribution in [1.82, 2.24) is 0 Å². The highest BCUT2D eigenvalue weighted by Crippen LogP contribution is 2.47. The molecule has 0 aliphatic heterocycles. The average Bonchev–Trinajstić information content (AvgIpc) is 2.77. The van der Waals surface area contributed by atoms with Crippen LogP contribution in [0.3, 0.4) is 0 Å². The first kappa shape index (κ1) is 14.5. The first-order chi connectivity index (χ1) is 9.99. The third-order valence-corrected chi connectivity index (χ3v) is 5.37. The fourth-order valence-electron chi connectivity index (χ4n) is 3.43. The molecule has 0 spiro atoms. The molecule has 1 aliphatic carbocycles. The van der Waals surface area contributed by atoms with Crippen LogP contribution in [0, 0.1) is 13.8 Å². The molecule has 2 unspecified atom stereocenters. The number of aromatic hydroxyl groups is 1. The second kappa shape index (κ2) is 5.38. The van der Waals surface area contributed by atoms with E-state index < -0.39 is 0 Å². The van der Waals surface area contributed by atoms with Gasteiger partial charge in [-0.2, -0.15) is 0 Å². The number of hydrogen-bond acceptors (Lipinski definition) is 2. The minimum Gasteiger partial charge on any atom is -0.508 e. The maximum atomic E-state index is 10.3. The molecule has 110 valence electrons. The molecule has 0 radical (unpaired) electrons. The van der Waals surface area contributed by atoms with Crippen LogP contribution in [0.4, 0.5) is 5.69 Å². The Hall–Kier alpha value is -1.48. The summed E-state index contributed by atoms with van der Waals surface area (Å²) in [7, 11) is 0. The van der Waals surface area contributed by atoms with Crippen molar-refractivity contribution in [2.75, 3.05) is 5.32 Å². The highest BCUT2D eigenvalue weighted by molar-refractivity contribution is 9.10. The number of benzene rings is 2. The number of fused-ring (bicyclic) bond motifs is 1. The summed E-state index contributed by atoms with van der Waals surface area (Å²) in [5, 5.41) is 13.9. The van der Waals surface area contributed by atoms with Crippen LogP contribution >= 0.6 is 15.9 Å². The van der Waals surface area contributed by atoms with Crippen molar-refractivity contribution in [1.29, 1.82) is 0 Å². The Morgan fingerprint density at radius 1 is 1.14 bits per heavy atom. The van der Waals surface area contributed by atoms with Crippen molar-refractivity contribution in [2.45, 2.75) is 39.2 Å². The first-order valence-electron chi connectivity index (χ1n) is 7.33. The van der Waals surface area contributed by atoms with Crippen molar-refractivity contribution >= 4 is 21.6 Å². The van der Waals surface area contributed by atoms with Crippen molar-refractivity contribution in [3.05, 3.63) is 57.1 Å². The van der Waals surface area contributed by atoms with E-state index >= 15 is 0 Å². The fraction of sp³-hybridized carbons (Fsp3) is 0.333. The molecule has 3 rings (SSSR count). The summed E-state index contributed by atoms with van der Waals surface area (Å²) in [5.74, 6) is 0.877. The van der Waals surface area contributed by atoms with E-state index in [-0.39, 0.29) is 6.04 Å². The SMILES string of the molecule is Cc1ccc(O)c2c1C(C)CC2Nc1cccc(Br)c1C. The van der Waals surface area contributed by atoms with Gasteiger partial charge < -0.3 is 10.4 Å². The number of phenols is 1. The zero-order chi connectivity index (χ0) is 15.1. The molecule has 0 aromatic heterocycles. The van der Waals surface area contributed by atoms with Gasteiger partial charge in [-0.25, -0.2) is 0 Å². The van der Waals surface area contributed by atoms with E-state index in [4.69, 9.17) is 0 Å². The van der Waals surface area contributed by atoms with E-state index in [1.807, 2.05) is 24.3 Å². The summed E-state index contributed by atoms with van der Waals surface area (Å²) >= 11 is 3.58. The summed E-state index contributed by atoms with van der Waals surface area (Å²) in [6, 6.07) is 10.2. The minimum absolute atomic E-state index is 0.169. The average molecular weight is 346 g/mol. The lowest BCUT2D eigenvalue weighted by Gasteiger charge is -2.19. The van der Waals surface area contributed by atoms with Crippen LogP contribution in [0.5, 0.6) is 5.75 Å². The van der Waals surface area contributed by atoms with Crippen molar-refractivity contribution < 1.29 is 5.11 Å². The Kier molecular flexibility index (Phi) is 3.70. The molecule has 0 saturated carbocycles. The second-order valence-electron chi connectivity index (χ2n) is 5.98. The lowest BCUT2D eigenvalue weighted by Crippen LogP contribution is -2.09. The van der Waals surface area contributed by atoms with Crippen LogP contribution in [-0.2, 0) is 0 Å². The van der Waals surface area contributed by atoms with Crippen LogP contribution in [0.15, 0.2) is 34.8 Å².